The number of piperidine rings is 1. The van der Waals surface area contributed by atoms with Gasteiger partial charge in [0, 0.05) is 34.4 Å². The smallest absolute Gasteiger partial charge is 0.0484 e. The molecule has 1 aromatic carbocycles. The number of anilines is 1. The molecule has 0 spiro atoms. The van der Waals surface area contributed by atoms with Crippen LogP contribution in [0.15, 0.2) is 30.5 Å². The van der Waals surface area contributed by atoms with Crippen LogP contribution in [0.4, 0.5) is 5.69 Å². The molecule has 1 aliphatic heterocycles. The largest absolute Gasteiger partial charge is 0.380 e. The predicted octanol–water partition coefficient (Wildman–Crippen LogP) is 3.78. The average molecular weight is 271 g/mol. The van der Waals surface area contributed by atoms with E-state index in [1.165, 1.54) is 29.4 Å². The lowest BCUT2D eigenvalue weighted by atomic mass is 10.1. The van der Waals surface area contributed by atoms with Gasteiger partial charge in [-0.1, -0.05) is 0 Å². The van der Waals surface area contributed by atoms with E-state index >= 15 is 0 Å². The first-order valence-electron chi connectivity index (χ1n) is 7.62. The second-order valence-electron chi connectivity index (χ2n) is 6.85. The van der Waals surface area contributed by atoms with E-state index in [-0.39, 0.29) is 5.54 Å². The molecule has 2 aromatic rings. The van der Waals surface area contributed by atoms with E-state index in [1.807, 2.05) is 0 Å². The molecule has 1 aliphatic rings. The van der Waals surface area contributed by atoms with Crippen molar-refractivity contribution in [2.45, 2.75) is 45.2 Å². The van der Waals surface area contributed by atoms with Gasteiger partial charge in [0.15, 0.2) is 0 Å². The third-order valence-electron chi connectivity index (χ3n) is 3.94. The molecule has 0 saturated carbocycles. The van der Waals surface area contributed by atoms with Crippen LogP contribution in [0.3, 0.4) is 0 Å². The summed E-state index contributed by atoms with van der Waals surface area (Å²) in [6, 6.07) is 9.61. The molecule has 0 radical (unpaired) electrons. The first-order chi connectivity index (χ1) is 9.53. The van der Waals surface area contributed by atoms with Crippen molar-refractivity contribution in [2.24, 2.45) is 0 Å². The Morgan fingerprint density at radius 3 is 2.60 bits per heavy atom. The van der Waals surface area contributed by atoms with Crippen LogP contribution in [0.25, 0.3) is 10.9 Å². The van der Waals surface area contributed by atoms with Gasteiger partial charge in [-0.2, -0.15) is 0 Å². The molecular formula is C17H25N3. The topological polar surface area (TPSA) is 29.0 Å². The molecular weight excluding hydrogens is 246 g/mol. The molecule has 20 heavy (non-hydrogen) atoms. The summed E-state index contributed by atoms with van der Waals surface area (Å²) in [4.78, 5) is 0. The number of nitrogens with one attached hydrogen (secondary N) is 2. The van der Waals surface area contributed by atoms with E-state index in [2.05, 4.69) is 66.4 Å². The van der Waals surface area contributed by atoms with Crippen LogP contribution in [-0.2, 0) is 0 Å². The molecule has 3 heteroatoms. The first-order valence-corrected chi connectivity index (χ1v) is 7.62. The van der Waals surface area contributed by atoms with Gasteiger partial charge in [0.05, 0.1) is 0 Å². The van der Waals surface area contributed by atoms with E-state index < -0.39 is 0 Å². The quantitative estimate of drug-likeness (QED) is 0.870. The first kappa shape index (κ1) is 13.5. The Morgan fingerprint density at radius 2 is 1.90 bits per heavy atom. The van der Waals surface area contributed by atoms with Crippen LogP contribution in [0.1, 0.15) is 39.7 Å². The molecule has 0 amide bonds. The maximum Gasteiger partial charge on any atom is 0.0484 e. The van der Waals surface area contributed by atoms with Gasteiger partial charge in [0.25, 0.3) is 0 Å². The average Bonchev–Trinajstić information content (AvgIpc) is 2.81. The minimum atomic E-state index is 0.102. The fourth-order valence-corrected chi connectivity index (χ4v) is 3.08. The van der Waals surface area contributed by atoms with Crippen LogP contribution < -0.4 is 10.6 Å². The van der Waals surface area contributed by atoms with Gasteiger partial charge < -0.3 is 15.2 Å². The number of benzene rings is 1. The van der Waals surface area contributed by atoms with Gasteiger partial charge >= 0.3 is 0 Å². The van der Waals surface area contributed by atoms with Crippen molar-refractivity contribution < 1.29 is 0 Å². The highest BCUT2D eigenvalue weighted by atomic mass is 15.0. The summed E-state index contributed by atoms with van der Waals surface area (Å²) in [5.41, 5.74) is 2.66. The zero-order valence-corrected chi connectivity index (χ0v) is 12.7. The van der Waals surface area contributed by atoms with E-state index in [9.17, 15) is 0 Å². The molecule has 1 saturated heterocycles. The third-order valence-corrected chi connectivity index (χ3v) is 3.94. The summed E-state index contributed by atoms with van der Waals surface area (Å²) in [7, 11) is 0. The molecule has 3 rings (SSSR count). The molecule has 0 unspecified atom stereocenters. The molecule has 1 aromatic heterocycles. The lowest BCUT2D eigenvalue weighted by Crippen LogP contribution is -2.29. The minimum Gasteiger partial charge on any atom is -0.380 e. The second kappa shape index (κ2) is 5.13. The highest BCUT2D eigenvalue weighted by molar-refractivity contribution is 5.84. The summed E-state index contributed by atoms with van der Waals surface area (Å²) >= 11 is 0. The van der Waals surface area contributed by atoms with E-state index in [0.29, 0.717) is 6.04 Å². The molecule has 3 nitrogen and oxygen atoms in total. The summed E-state index contributed by atoms with van der Waals surface area (Å²) in [5.74, 6) is 0. The van der Waals surface area contributed by atoms with E-state index in [4.69, 9.17) is 0 Å². The van der Waals surface area contributed by atoms with Crippen molar-refractivity contribution in [3.8, 4) is 0 Å². The normalized spacial score (nSPS) is 17.6. The van der Waals surface area contributed by atoms with E-state index in [1.54, 1.807) is 0 Å². The van der Waals surface area contributed by atoms with Crippen molar-refractivity contribution in [3.05, 3.63) is 30.5 Å². The Hall–Kier alpha value is -1.48. The van der Waals surface area contributed by atoms with Crippen molar-refractivity contribution in [1.29, 1.82) is 0 Å². The molecule has 2 N–H and O–H groups in total. The standard InChI is InChI=1S/C17H25N3/c1-17(2,3)19-14-4-5-16-13(12-14)8-11-20(16)15-6-9-18-10-7-15/h4-5,8,11-12,15,18-19H,6-7,9-10H2,1-3H3. The maximum atomic E-state index is 3.54. The Bertz CT molecular complexity index is 586. The number of aromatic nitrogens is 1. The maximum absolute atomic E-state index is 3.54. The fraction of sp³-hybridized carbons (Fsp3) is 0.529. The Kier molecular flexibility index (Phi) is 3.47. The molecule has 0 atom stereocenters. The number of hydrogen-bond acceptors (Lipinski definition) is 2. The predicted molar refractivity (Wildman–Crippen MR) is 86.5 cm³/mol. The van der Waals surface area contributed by atoms with Crippen LogP contribution in [0.5, 0.6) is 0 Å². The highest BCUT2D eigenvalue weighted by Gasteiger charge is 2.16. The number of hydrogen-bond donors (Lipinski definition) is 2. The van der Waals surface area contributed by atoms with Crippen LogP contribution in [0, 0.1) is 0 Å². The lowest BCUT2D eigenvalue weighted by Gasteiger charge is -2.25. The van der Waals surface area contributed by atoms with Gasteiger partial charge in [-0.3, -0.25) is 0 Å². The molecule has 108 valence electrons. The van der Waals surface area contributed by atoms with Gasteiger partial charge in [-0.05, 0) is 71.0 Å². The summed E-state index contributed by atoms with van der Waals surface area (Å²) in [6.07, 6.45) is 4.71. The second-order valence-corrected chi connectivity index (χ2v) is 6.85. The third kappa shape index (κ3) is 2.83. The summed E-state index contributed by atoms with van der Waals surface area (Å²) in [5, 5.41) is 8.31. The SMILES string of the molecule is CC(C)(C)Nc1ccc2c(ccn2C2CCNCC2)c1. The molecule has 2 heterocycles. The minimum absolute atomic E-state index is 0.102. The lowest BCUT2D eigenvalue weighted by molar-refractivity contribution is 0.376. The fourth-order valence-electron chi connectivity index (χ4n) is 3.08. The van der Waals surface area contributed by atoms with Crippen molar-refractivity contribution in [2.75, 3.05) is 18.4 Å². The number of rotatable bonds is 2. The Labute approximate surface area is 121 Å². The Balaban J connectivity index is 1.89. The summed E-state index contributed by atoms with van der Waals surface area (Å²) in [6.45, 7) is 8.84. The van der Waals surface area contributed by atoms with Crippen molar-refractivity contribution in [3.63, 3.8) is 0 Å². The van der Waals surface area contributed by atoms with Gasteiger partial charge in [-0.15, -0.1) is 0 Å². The van der Waals surface area contributed by atoms with Crippen molar-refractivity contribution >= 4 is 16.6 Å². The molecule has 0 bridgehead atoms. The highest BCUT2D eigenvalue weighted by Crippen LogP contribution is 2.28. The zero-order valence-electron chi connectivity index (χ0n) is 12.7. The van der Waals surface area contributed by atoms with E-state index in [0.717, 1.165) is 13.1 Å². The van der Waals surface area contributed by atoms with Gasteiger partial charge in [0.2, 0.25) is 0 Å². The van der Waals surface area contributed by atoms with Crippen LogP contribution in [0.2, 0.25) is 0 Å². The van der Waals surface area contributed by atoms with Crippen LogP contribution >= 0.6 is 0 Å². The van der Waals surface area contributed by atoms with Gasteiger partial charge in [-0.25, -0.2) is 0 Å². The summed E-state index contributed by atoms with van der Waals surface area (Å²) < 4.78 is 2.46. The zero-order chi connectivity index (χ0) is 14.2. The van der Waals surface area contributed by atoms with Crippen LogP contribution in [-0.4, -0.2) is 23.2 Å². The monoisotopic (exact) mass is 271 g/mol. The number of fused-ring (bicyclic) bond motifs is 1. The number of nitrogens with zero attached hydrogens (tertiary/aromatic N) is 1. The Morgan fingerprint density at radius 1 is 1.15 bits per heavy atom. The molecule has 0 aliphatic carbocycles. The van der Waals surface area contributed by atoms with Crippen molar-refractivity contribution in [1.82, 2.24) is 9.88 Å². The molecule has 1 fully saturated rings. The van der Waals surface area contributed by atoms with Gasteiger partial charge in [0.1, 0.15) is 0 Å².